The number of aliphatic carboxylic acids is 1. The summed E-state index contributed by atoms with van der Waals surface area (Å²) >= 11 is 0. The third-order valence-corrected chi connectivity index (χ3v) is 1.62. The van der Waals surface area contributed by atoms with Gasteiger partial charge in [-0.2, -0.15) is 0 Å². The molecule has 1 aromatic rings. The molecule has 1 aromatic heterocycles. The van der Waals surface area contributed by atoms with Gasteiger partial charge in [-0.3, -0.25) is 4.79 Å². The molecule has 2 N–H and O–H groups in total. The van der Waals surface area contributed by atoms with E-state index in [1.54, 1.807) is 13.0 Å². The van der Waals surface area contributed by atoms with Gasteiger partial charge in [0.15, 0.2) is 0 Å². The highest BCUT2D eigenvalue weighted by molar-refractivity contribution is 5.85. The molecule has 0 saturated carbocycles. The molecule has 0 bridgehead atoms. The van der Waals surface area contributed by atoms with Gasteiger partial charge >= 0.3 is 5.97 Å². The Morgan fingerprint density at radius 3 is 2.53 bits per heavy atom. The van der Waals surface area contributed by atoms with Crippen LogP contribution in [0.2, 0.25) is 0 Å². The number of aromatic nitrogens is 1. The molecule has 1 atom stereocenters. The van der Waals surface area contributed by atoms with E-state index in [1.165, 1.54) is 0 Å². The van der Waals surface area contributed by atoms with Gasteiger partial charge in [0.25, 0.3) is 0 Å². The Kier molecular flexibility index (Phi) is 8.01. The van der Waals surface area contributed by atoms with Gasteiger partial charge in [-0.05, 0) is 26.0 Å². The number of anilines is 1. The average molecular weight is 253 g/mol. The Labute approximate surface area is 101 Å². The van der Waals surface area contributed by atoms with Crippen LogP contribution in [0.15, 0.2) is 18.2 Å². The second kappa shape index (κ2) is 7.31. The summed E-state index contributed by atoms with van der Waals surface area (Å²) in [4.78, 5) is 14.6. The average Bonchev–Trinajstić information content (AvgIpc) is 2.04. The number of halogens is 2. The monoisotopic (exact) mass is 252 g/mol. The maximum Gasteiger partial charge on any atom is 0.325 e. The second-order valence-electron chi connectivity index (χ2n) is 2.87. The fourth-order valence-electron chi connectivity index (χ4n) is 0.907. The molecule has 15 heavy (non-hydrogen) atoms. The standard InChI is InChI=1S/C9H12N2O2.2ClH/c1-6-4-3-5-8(10-6)11-7(2)9(12)13;;/h3-5,7H,1-2H3,(H,10,11)(H,12,13);2*1H. The van der Waals surface area contributed by atoms with Crippen LogP contribution >= 0.6 is 24.8 Å². The molecule has 0 aliphatic carbocycles. The zero-order chi connectivity index (χ0) is 9.84. The van der Waals surface area contributed by atoms with Crippen molar-refractivity contribution < 1.29 is 9.90 Å². The lowest BCUT2D eigenvalue weighted by atomic mass is 10.3. The number of hydrogen-bond acceptors (Lipinski definition) is 3. The van der Waals surface area contributed by atoms with Crippen LogP contribution in [0.1, 0.15) is 12.6 Å². The smallest absolute Gasteiger partial charge is 0.325 e. The van der Waals surface area contributed by atoms with Gasteiger partial charge in [0.2, 0.25) is 0 Å². The summed E-state index contributed by atoms with van der Waals surface area (Å²) in [5.74, 6) is -0.293. The molecule has 0 saturated heterocycles. The fraction of sp³-hybridized carbons (Fsp3) is 0.333. The zero-order valence-corrected chi connectivity index (χ0v) is 10.1. The molecule has 0 aliphatic rings. The molecule has 1 heterocycles. The van der Waals surface area contributed by atoms with Crippen molar-refractivity contribution in [1.29, 1.82) is 0 Å². The number of nitrogens with zero attached hydrogens (tertiary/aromatic N) is 1. The van der Waals surface area contributed by atoms with Gasteiger partial charge in [-0.15, -0.1) is 24.8 Å². The highest BCUT2D eigenvalue weighted by Crippen LogP contribution is 2.05. The Bertz CT molecular complexity index is 321. The van der Waals surface area contributed by atoms with Gasteiger partial charge < -0.3 is 10.4 Å². The molecule has 0 spiro atoms. The number of pyridine rings is 1. The van der Waals surface area contributed by atoms with Crippen LogP contribution < -0.4 is 5.32 Å². The van der Waals surface area contributed by atoms with E-state index >= 15 is 0 Å². The van der Waals surface area contributed by atoms with Crippen LogP contribution in [0.5, 0.6) is 0 Å². The third-order valence-electron chi connectivity index (χ3n) is 1.62. The normalized spacial score (nSPS) is 10.5. The van der Waals surface area contributed by atoms with E-state index in [9.17, 15) is 4.79 Å². The molecule has 0 radical (unpaired) electrons. The molecule has 0 aliphatic heterocycles. The van der Waals surface area contributed by atoms with Gasteiger partial charge in [-0.25, -0.2) is 4.98 Å². The molecule has 1 rings (SSSR count). The summed E-state index contributed by atoms with van der Waals surface area (Å²) in [6.45, 7) is 3.43. The quantitative estimate of drug-likeness (QED) is 0.866. The van der Waals surface area contributed by atoms with E-state index in [2.05, 4.69) is 10.3 Å². The van der Waals surface area contributed by atoms with Crippen molar-refractivity contribution in [2.45, 2.75) is 19.9 Å². The number of aryl methyl sites for hydroxylation is 1. The van der Waals surface area contributed by atoms with E-state index in [-0.39, 0.29) is 24.8 Å². The minimum absolute atomic E-state index is 0. The molecule has 4 nitrogen and oxygen atoms in total. The summed E-state index contributed by atoms with van der Waals surface area (Å²) in [5.41, 5.74) is 0.864. The number of nitrogens with one attached hydrogen (secondary N) is 1. The topological polar surface area (TPSA) is 62.2 Å². The van der Waals surface area contributed by atoms with Gasteiger partial charge in [0, 0.05) is 5.69 Å². The van der Waals surface area contributed by atoms with Crippen LogP contribution in [-0.4, -0.2) is 22.1 Å². The molecule has 0 amide bonds. The van der Waals surface area contributed by atoms with Crippen molar-refractivity contribution in [3.63, 3.8) is 0 Å². The van der Waals surface area contributed by atoms with E-state index in [0.717, 1.165) is 5.69 Å². The Balaban J connectivity index is 0. The molecule has 0 fully saturated rings. The van der Waals surface area contributed by atoms with Crippen LogP contribution in [0, 0.1) is 6.92 Å². The Hall–Kier alpha value is -1.00. The van der Waals surface area contributed by atoms with Gasteiger partial charge in [-0.1, -0.05) is 6.07 Å². The first-order valence-corrected chi connectivity index (χ1v) is 4.02. The highest BCUT2D eigenvalue weighted by Gasteiger charge is 2.09. The Morgan fingerprint density at radius 2 is 2.07 bits per heavy atom. The Morgan fingerprint density at radius 1 is 1.47 bits per heavy atom. The maximum absolute atomic E-state index is 10.5. The molecule has 86 valence electrons. The minimum atomic E-state index is -0.886. The highest BCUT2D eigenvalue weighted by atomic mass is 35.5. The molecule has 0 aromatic carbocycles. The molecular formula is C9H14Cl2N2O2. The van der Waals surface area contributed by atoms with Gasteiger partial charge in [0.05, 0.1) is 0 Å². The summed E-state index contributed by atoms with van der Waals surface area (Å²) in [6, 6.07) is 4.82. The second-order valence-corrected chi connectivity index (χ2v) is 2.87. The first-order valence-electron chi connectivity index (χ1n) is 4.02. The van der Waals surface area contributed by atoms with E-state index < -0.39 is 12.0 Å². The number of carboxylic acids is 1. The van der Waals surface area contributed by atoms with Crippen molar-refractivity contribution in [3.05, 3.63) is 23.9 Å². The lowest BCUT2D eigenvalue weighted by molar-refractivity contribution is -0.137. The van der Waals surface area contributed by atoms with Gasteiger partial charge in [0.1, 0.15) is 11.9 Å². The SMILES string of the molecule is Cc1cccc(NC(C)C(=O)O)n1.Cl.Cl. The first-order chi connectivity index (χ1) is 6.09. The van der Waals surface area contributed by atoms with Crippen molar-refractivity contribution in [3.8, 4) is 0 Å². The predicted molar refractivity (Wildman–Crippen MR) is 64.2 cm³/mol. The van der Waals surface area contributed by atoms with Crippen LogP contribution in [0.4, 0.5) is 5.82 Å². The summed E-state index contributed by atoms with van der Waals surface area (Å²) in [6.07, 6.45) is 0. The molecule has 6 heteroatoms. The first kappa shape index (κ1) is 16.4. The van der Waals surface area contributed by atoms with Crippen LogP contribution in [-0.2, 0) is 4.79 Å². The summed E-state index contributed by atoms with van der Waals surface area (Å²) in [5, 5.41) is 11.4. The maximum atomic E-state index is 10.5. The number of carboxylic acid groups (broad SMARTS) is 1. The van der Waals surface area contributed by atoms with E-state index in [4.69, 9.17) is 5.11 Å². The van der Waals surface area contributed by atoms with Crippen LogP contribution in [0.25, 0.3) is 0 Å². The number of carbonyl (C=O) groups is 1. The third kappa shape index (κ3) is 5.44. The fourth-order valence-corrected chi connectivity index (χ4v) is 0.907. The van der Waals surface area contributed by atoms with E-state index in [0.29, 0.717) is 5.82 Å². The molecular weight excluding hydrogens is 239 g/mol. The van der Waals surface area contributed by atoms with Crippen molar-refractivity contribution in [2.75, 3.05) is 5.32 Å². The predicted octanol–water partition coefficient (Wildman–Crippen LogP) is 2.12. The van der Waals surface area contributed by atoms with Crippen LogP contribution in [0.3, 0.4) is 0 Å². The van der Waals surface area contributed by atoms with Crippen molar-refractivity contribution in [2.24, 2.45) is 0 Å². The largest absolute Gasteiger partial charge is 0.480 e. The zero-order valence-electron chi connectivity index (χ0n) is 8.43. The summed E-state index contributed by atoms with van der Waals surface area (Å²) in [7, 11) is 0. The minimum Gasteiger partial charge on any atom is -0.480 e. The van der Waals surface area contributed by atoms with Crippen molar-refractivity contribution >= 4 is 36.6 Å². The lowest BCUT2D eigenvalue weighted by Crippen LogP contribution is -2.25. The molecule has 1 unspecified atom stereocenters. The number of hydrogen-bond donors (Lipinski definition) is 2. The van der Waals surface area contributed by atoms with Crippen molar-refractivity contribution in [1.82, 2.24) is 4.98 Å². The van der Waals surface area contributed by atoms with E-state index in [1.807, 2.05) is 19.1 Å². The lowest BCUT2D eigenvalue weighted by Gasteiger charge is -2.09. The number of rotatable bonds is 3. The summed E-state index contributed by atoms with van der Waals surface area (Å²) < 4.78 is 0.